The standard InChI is InChI=1S/2C5H8O2.H2O.Zn/c2*1-4(6)3-5(2)7;;/h2*3,6H,1-2H3;1H2;/q;;;+2/p-2/b2*4-3-;;. The maximum absolute atomic E-state index is 9.98. The number of hydrogen-bond donors (Lipinski definition) is 0. The molecule has 0 radical (unpaired) electrons. The first-order valence-electron chi connectivity index (χ1n) is 3.97. The molecule has 0 atom stereocenters. The predicted molar refractivity (Wildman–Crippen MR) is 52.5 cm³/mol. The molecule has 16 heavy (non-hydrogen) atoms. The second-order valence-electron chi connectivity index (χ2n) is 2.73. The summed E-state index contributed by atoms with van der Waals surface area (Å²) in [6.45, 7) is 5.39. The van der Waals surface area contributed by atoms with E-state index in [-0.39, 0.29) is 48.0 Å². The average molecular weight is 282 g/mol. The van der Waals surface area contributed by atoms with Crippen molar-refractivity contribution in [2.75, 3.05) is 0 Å². The summed E-state index contributed by atoms with van der Waals surface area (Å²) < 4.78 is 0. The SMILES string of the molecule is CC(=O)/C=C(/C)[O-].CC(=O)/C=C(/C)[O-].O.[Zn+2]. The zero-order valence-corrected chi connectivity index (χ0v) is 13.0. The minimum atomic E-state index is -0.187. The molecule has 0 amide bonds. The topological polar surface area (TPSA) is 112 Å². The van der Waals surface area contributed by atoms with E-state index in [0.29, 0.717) is 0 Å². The number of hydrogen-bond acceptors (Lipinski definition) is 4. The zero-order valence-electron chi connectivity index (χ0n) is 9.99. The predicted octanol–water partition coefficient (Wildman–Crippen LogP) is -1.15. The van der Waals surface area contributed by atoms with Gasteiger partial charge in [0.15, 0.2) is 11.6 Å². The van der Waals surface area contributed by atoms with Crippen LogP contribution < -0.4 is 10.2 Å². The first kappa shape index (κ1) is 24.3. The van der Waals surface area contributed by atoms with Gasteiger partial charge in [0.05, 0.1) is 0 Å². The quantitative estimate of drug-likeness (QED) is 0.361. The van der Waals surface area contributed by atoms with Crippen LogP contribution in [0.4, 0.5) is 0 Å². The minimum Gasteiger partial charge on any atom is -0.876 e. The van der Waals surface area contributed by atoms with Crippen molar-refractivity contribution in [3.8, 4) is 0 Å². The van der Waals surface area contributed by atoms with E-state index in [9.17, 15) is 19.8 Å². The summed E-state index contributed by atoms with van der Waals surface area (Å²) in [7, 11) is 0. The van der Waals surface area contributed by atoms with Gasteiger partial charge in [0.25, 0.3) is 0 Å². The Morgan fingerprint density at radius 1 is 0.812 bits per heavy atom. The molecular formula is C10H16O5Zn. The molecule has 0 aromatic carbocycles. The number of ketones is 2. The van der Waals surface area contributed by atoms with Gasteiger partial charge in [-0.25, -0.2) is 0 Å². The Labute approximate surface area is 108 Å². The smallest absolute Gasteiger partial charge is 0.876 e. The fourth-order valence-electron chi connectivity index (χ4n) is 0.572. The van der Waals surface area contributed by atoms with Crippen LogP contribution in [0.25, 0.3) is 0 Å². The van der Waals surface area contributed by atoms with E-state index < -0.39 is 0 Å². The fraction of sp³-hybridized carbons (Fsp3) is 0.400. The van der Waals surface area contributed by atoms with Gasteiger partial charge in [0.2, 0.25) is 0 Å². The van der Waals surface area contributed by atoms with Crippen LogP contribution in [0, 0.1) is 0 Å². The minimum absolute atomic E-state index is 0. The van der Waals surface area contributed by atoms with Gasteiger partial charge in [-0.1, -0.05) is 13.8 Å². The van der Waals surface area contributed by atoms with Gasteiger partial charge in [-0.2, -0.15) is 0 Å². The van der Waals surface area contributed by atoms with Crippen molar-refractivity contribution in [3.63, 3.8) is 0 Å². The second-order valence-corrected chi connectivity index (χ2v) is 2.73. The Balaban J connectivity index is -0.0000000800. The van der Waals surface area contributed by atoms with E-state index >= 15 is 0 Å². The van der Waals surface area contributed by atoms with Crippen LogP contribution in [-0.2, 0) is 29.1 Å². The Morgan fingerprint density at radius 2 is 1.00 bits per heavy atom. The van der Waals surface area contributed by atoms with Crippen LogP contribution >= 0.6 is 0 Å². The van der Waals surface area contributed by atoms with Gasteiger partial charge in [-0.3, -0.25) is 9.59 Å². The first-order valence-corrected chi connectivity index (χ1v) is 3.97. The Hall–Kier alpha value is -0.997. The van der Waals surface area contributed by atoms with Crippen LogP contribution in [0.2, 0.25) is 0 Å². The van der Waals surface area contributed by atoms with Gasteiger partial charge < -0.3 is 15.7 Å². The summed E-state index contributed by atoms with van der Waals surface area (Å²) in [4.78, 5) is 20.0. The van der Waals surface area contributed by atoms with Crippen LogP contribution in [0.15, 0.2) is 23.7 Å². The van der Waals surface area contributed by atoms with Crippen LogP contribution in [0.5, 0.6) is 0 Å². The van der Waals surface area contributed by atoms with Crippen LogP contribution in [0.1, 0.15) is 27.7 Å². The molecule has 0 aliphatic carbocycles. The Bertz CT molecular complexity index is 232. The Morgan fingerprint density at radius 3 is 1.00 bits per heavy atom. The number of rotatable bonds is 2. The normalized spacial score (nSPS) is 10.0. The molecule has 88 valence electrons. The van der Waals surface area contributed by atoms with Crippen molar-refractivity contribution in [3.05, 3.63) is 23.7 Å². The van der Waals surface area contributed by atoms with E-state index in [1.54, 1.807) is 0 Å². The van der Waals surface area contributed by atoms with Crippen molar-refractivity contribution >= 4 is 11.6 Å². The molecule has 0 saturated carbocycles. The molecule has 0 unspecified atom stereocenters. The molecule has 0 aliphatic heterocycles. The van der Waals surface area contributed by atoms with Gasteiger partial charge in [-0.15, -0.1) is 11.5 Å². The molecule has 2 N–H and O–H groups in total. The molecule has 0 aliphatic rings. The zero-order chi connectivity index (χ0) is 11.7. The number of carbonyl (C=O) groups excluding carboxylic acids is 2. The van der Waals surface area contributed by atoms with Gasteiger partial charge >= 0.3 is 19.5 Å². The fourth-order valence-corrected chi connectivity index (χ4v) is 0.572. The van der Waals surface area contributed by atoms with E-state index in [2.05, 4.69) is 0 Å². The molecule has 0 heterocycles. The molecule has 0 fully saturated rings. The molecule has 0 saturated heterocycles. The van der Waals surface area contributed by atoms with Gasteiger partial charge in [0.1, 0.15) is 0 Å². The van der Waals surface area contributed by atoms with E-state index in [4.69, 9.17) is 0 Å². The molecule has 0 rings (SSSR count). The summed E-state index contributed by atoms with van der Waals surface area (Å²) in [6, 6.07) is 0. The molecule has 5 nitrogen and oxygen atoms in total. The molecule has 6 heteroatoms. The molecule has 0 aromatic heterocycles. The van der Waals surface area contributed by atoms with Crippen molar-refractivity contribution < 1.29 is 44.8 Å². The third kappa shape index (κ3) is 38.2. The van der Waals surface area contributed by atoms with Gasteiger partial charge in [-0.05, 0) is 26.0 Å². The molecule has 0 bridgehead atoms. The number of carbonyl (C=O) groups is 2. The third-order valence-electron chi connectivity index (χ3n) is 0.813. The molecular weight excluding hydrogens is 265 g/mol. The van der Waals surface area contributed by atoms with E-state index in [1.807, 2.05) is 0 Å². The van der Waals surface area contributed by atoms with Crippen molar-refractivity contribution in [1.29, 1.82) is 0 Å². The average Bonchev–Trinajstić information content (AvgIpc) is 1.79. The Kier molecular flexibility index (Phi) is 21.3. The summed E-state index contributed by atoms with van der Waals surface area (Å²) >= 11 is 0. The third-order valence-corrected chi connectivity index (χ3v) is 0.813. The molecule has 0 aromatic rings. The largest absolute Gasteiger partial charge is 2.00 e. The summed E-state index contributed by atoms with van der Waals surface area (Å²) in [5, 5.41) is 20.0. The van der Waals surface area contributed by atoms with Crippen molar-refractivity contribution in [1.82, 2.24) is 0 Å². The van der Waals surface area contributed by atoms with Crippen LogP contribution in [-0.4, -0.2) is 17.0 Å². The summed E-state index contributed by atoms with van der Waals surface area (Å²) in [5.41, 5.74) is 0. The van der Waals surface area contributed by atoms with Gasteiger partial charge in [0, 0.05) is 0 Å². The van der Waals surface area contributed by atoms with Crippen LogP contribution in [0.3, 0.4) is 0 Å². The summed E-state index contributed by atoms with van der Waals surface area (Å²) in [6.07, 6.45) is 2.11. The van der Waals surface area contributed by atoms with Crippen molar-refractivity contribution in [2.45, 2.75) is 27.7 Å². The maximum Gasteiger partial charge on any atom is 2.00 e. The monoisotopic (exact) mass is 280 g/mol. The maximum atomic E-state index is 9.98. The van der Waals surface area contributed by atoms with E-state index in [1.165, 1.54) is 27.7 Å². The summed E-state index contributed by atoms with van der Waals surface area (Å²) in [5.74, 6) is -0.750. The van der Waals surface area contributed by atoms with E-state index in [0.717, 1.165) is 12.2 Å². The second kappa shape index (κ2) is 14.0. The van der Waals surface area contributed by atoms with Crippen molar-refractivity contribution in [2.24, 2.45) is 0 Å². The number of allylic oxidation sites excluding steroid dienone is 4. The molecule has 0 spiro atoms. The first-order chi connectivity index (χ1) is 6.25.